The van der Waals surface area contributed by atoms with E-state index in [0.717, 1.165) is 36.1 Å². The first-order valence-electron chi connectivity index (χ1n) is 14.3. The summed E-state index contributed by atoms with van der Waals surface area (Å²) in [6, 6.07) is 13.3. The van der Waals surface area contributed by atoms with Gasteiger partial charge in [0, 0.05) is 24.3 Å². The first-order chi connectivity index (χ1) is 20.4. The lowest BCUT2D eigenvalue weighted by Gasteiger charge is -2.31. The largest absolute Gasteiger partial charge is 0.349 e. The number of amides is 1. The molecule has 1 saturated heterocycles. The van der Waals surface area contributed by atoms with Gasteiger partial charge >= 0.3 is 5.69 Å². The van der Waals surface area contributed by atoms with Crippen molar-refractivity contribution < 1.29 is 9.18 Å². The van der Waals surface area contributed by atoms with Crippen molar-refractivity contribution in [1.82, 2.24) is 24.0 Å². The number of rotatable bonds is 6. The van der Waals surface area contributed by atoms with Crippen LogP contribution in [0.1, 0.15) is 66.5 Å². The van der Waals surface area contributed by atoms with Gasteiger partial charge in [-0.1, -0.05) is 30.3 Å². The van der Waals surface area contributed by atoms with Crippen molar-refractivity contribution in [2.75, 3.05) is 11.5 Å². The molecule has 42 heavy (non-hydrogen) atoms. The Kier molecular flexibility index (Phi) is 8.10. The lowest BCUT2D eigenvalue weighted by Crippen LogP contribution is -2.47. The zero-order chi connectivity index (χ0) is 29.2. The average Bonchev–Trinajstić information content (AvgIpc) is 3.00. The smallest absolute Gasteiger partial charge is 0.333 e. The number of hydrogen-bond acceptors (Lipinski definition) is 6. The van der Waals surface area contributed by atoms with E-state index in [1.807, 2.05) is 42.1 Å². The van der Waals surface area contributed by atoms with Crippen LogP contribution in [-0.2, 0) is 6.54 Å². The normalized spacial score (nSPS) is 19.5. The summed E-state index contributed by atoms with van der Waals surface area (Å²) in [6.07, 6.45) is 6.32. The van der Waals surface area contributed by atoms with Crippen LogP contribution < -0.4 is 22.1 Å². The Balaban J connectivity index is 1.20. The predicted octanol–water partition coefficient (Wildman–Crippen LogP) is 3.89. The van der Waals surface area contributed by atoms with Crippen molar-refractivity contribution in [3.05, 3.63) is 109 Å². The third kappa shape index (κ3) is 5.57. The zero-order valence-corrected chi connectivity index (χ0v) is 23.9. The van der Waals surface area contributed by atoms with Crippen LogP contribution in [0.2, 0.25) is 0 Å². The first-order valence-corrected chi connectivity index (χ1v) is 15.5. The molecule has 4 aromatic rings. The molecule has 4 heterocycles. The second-order valence-electron chi connectivity index (χ2n) is 11.0. The van der Waals surface area contributed by atoms with Crippen LogP contribution in [0, 0.1) is 5.82 Å². The minimum atomic E-state index is -0.620. The van der Waals surface area contributed by atoms with Crippen LogP contribution in [0.4, 0.5) is 4.39 Å². The first kappa shape index (κ1) is 28.1. The Labute approximate surface area is 245 Å². The number of hydrogen-bond donors (Lipinski definition) is 1. The molecule has 1 saturated carbocycles. The molecule has 0 bridgehead atoms. The molecule has 1 amide bonds. The summed E-state index contributed by atoms with van der Waals surface area (Å²) < 4.78 is 18.6. The summed E-state index contributed by atoms with van der Waals surface area (Å²) in [5.74, 6) is 0.754. The number of thioether (sulfide) groups is 1. The molecule has 218 valence electrons. The van der Waals surface area contributed by atoms with Gasteiger partial charge in [0.1, 0.15) is 17.0 Å². The fourth-order valence-corrected chi connectivity index (χ4v) is 7.24. The van der Waals surface area contributed by atoms with Crippen molar-refractivity contribution >= 4 is 28.7 Å². The van der Waals surface area contributed by atoms with Gasteiger partial charge in [0.2, 0.25) is 0 Å². The minimum Gasteiger partial charge on any atom is -0.349 e. The van der Waals surface area contributed by atoms with Gasteiger partial charge in [-0.2, -0.15) is 11.8 Å². The van der Waals surface area contributed by atoms with Crippen LogP contribution in [0.25, 0.3) is 11.0 Å². The third-order valence-electron chi connectivity index (χ3n) is 8.34. The molecule has 1 aliphatic heterocycles. The Bertz CT molecular complexity index is 1790. The van der Waals surface area contributed by atoms with E-state index in [9.17, 15) is 23.6 Å². The highest BCUT2D eigenvalue weighted by molar-refractivity contribution is 7.99. The van der Waals surface area contributed by atoms with E-state index in [4.69, 9.17) is 0 Å². The van der Waals surface area contributed by atoms with Crippen LogP contribution >= 0.6 is 11.8 Å². The molecule has 2 aliphatic rings. The van der Waals surface area contributed by atoms with Gasteiger partial charge < -0.3 is 9.88 Å². The summed E-state index contributed by atoms with van der Waals surface area (Å²) >= 11 is 1.83. The highest BCUT2D eigenvalue weighted by Gasteiger charge is 2.30. The lowest BCUT2D eigenvalue weighted by atomic mass is 9.90. The number of pyridine rings is 2. The van der Waals surface area contributed by atoms with E-state index in [1.54, 1.807) is 16.8 Å². The minimum absolute atomic E-state index is 0.0735. The fourth-order valence-electron chi connectivity index (χ4n) is 6.15. The lowest BCUT2D eigenvalue weighted by molar-refractivity contribution is 0.0919. The van der Waals surface area contributed by atoms with Gasteiger partial charge in [-0.25, -0.2) is 14.2 Å². The number of nitrogens with one attached hydrogen (secondary N) is 1. The Morgan fingerprint density at radius 1 is 0.905 bits per heavy atom. The van der Waals surface area contributed by atoms with Crippen LogP contribution in [-0.4, -0.2) is 42.1 Å². The summed E-state index contributed by atoms with van der Waals surface area (Å²) in [6.45, 7) is 0.364. The number of fused-ring (bicyclic) bond motifs is 1. The Morgan fingerprint density at radius 3 is 2.36 bits per heavy atom. The molecular weight excluding hydrogens is 557 g/mol. The highest BCUT2D eigenvalue weighted by Crippen LogP contribution is 2.30. The van der Waals surface area contributed by atoms with E-state index in [-0.39, 0.29) is 40.3 Å². The topological polar surface area (TPSA) is 108 Å². The van der Waals surface area contributed by atoms with Crippen molar-refractivity contribution in [1.29, 1.82) is 0 Å². The second-order valence-corrected chi connectivity index (χ2v) is 12.2. The number of benzene rings is 1. The molecule has 0 unspecified atom stereocenters. The van der Waals surface area contributed by atoms with Gasteiger partial charge in [0.25, 0.3) is 17.0 Å². The van der Waals surface area contributed by atoms with E-state index in [1.165, 1.54) is 21.3 Å². The quantitative estimate of drug-likeness (QED) is 0.366. The summed E-state index contributed by atoms with van der Waals surface area (Å²) in [7, 11) is 0. The molecule has 0 spiro atoms. The van der Waals surface area contributed by atoms with Crippen LogP contribution in [0.5, 0.6) is 0 Å². The fraction of sp³-hybridized carbons (Fsp3) is 0.387. The summed E-state index contributed by atoms with van der Waals surface area (Å²) in [5, 5.41) is 3.09. The van der Waals surface area contributed by atoms with Gasteiger partial charge in [0.05, 0.1) is 18.1 Å². The van der Waals surface area contributed by atoms with Gasteiger partial charge in [-0.3, -0.25) is 23.5 Å². The molecule has 1 aromatic carbocycles. The molecule has 2 fully saturated rings. The number of carbonyl (C=O) groups excluding carboxylic acids is 1. The SMILES string of the molecule is O=C(NC1CCC(n2c(=O)c3cc(F)cnc3n(C3CCSCC3)c2=O)CC1)c1cccn(Cc2ccccc2)c1=O. The molecule has 9 nitrogen and oxygen atoms in total. The van der Waals surface area contributed by atoms with E-state index in [2.05, 4.69) is 10.3 Å². The summed E-state index contributed by atoms with van der Waals surface area (Å²) in [5.41, 5.74) is -0.0267. The molecule has 3 aromatic heterocycles. The van der Waals surface area contributed by atoms with Crippen LogP contribution in [0.3, 0.4) is 0 Å². The van der Waals surface area contributed by atoms with Crippen molar-refractivity contribution in [2.24, 2.45) is 0 Å². The van der Waals surface area contributed by atoms with Crippen molar-refractivity contribution in [3.63, 3.8) is 0 Å². The maximum Gasteiger partial charge on any atom is 0.333 e. The Hall–Kier alpha value is -3.99. The molecule has 1 aliphatic carbocycles. The zero-order valence-electron chi connectivity index (χ0n) is 23.1. The number of aromatic nitrogens is 4. The predicted molar refractivity (Wildman–Crippen MR) is 161 cm³/mol. The maximum absolute atomic E-state index is 14.2. The van der Waals surface area contributed by atoms with Gasteiger partial charge in [0.15, 0.2) is 0 Å². The monoisotopic (exact) mass is 589 g/mol. The standard InChI is InChI=1S/C31H32FN5O4S/c32-21-17-26-27(33-18-21)36(24-12-15-42-16-13-24)31(41)37(30(26)40)23-10-8-22(9-11-23)34-28(38)25-7-4-14-35(29(25)39)19-20-5-2-1-3-6-20/h1-7,14,17-18,22-24H,8-13,15-16,19H2,(H,34,38). The summed E-state index contributed by atoms with van der Waals surface area (Å²) in [4.78, 5) is 57.7. The van der Waals surface area contributed by atoms with Gasteiger partial charge in [-0.05, 0) is 73.8 Å². The maximum atomic E-state index is 14.2. The molecule has 0 radical (unpaired) electrons. The molecular formula is C31H32FN5O4S. The van der Waals surface area contributed by atoms with Gasteiger partial charge in [-0.15, -0.1) is 0 Å². The molecule has 11 heteroatoms. The van der Waals surface area contributed by atoms with Crippen LogP contribution in [0.15, 0.2) is 75.3 Å². The molecule has 6 rings (SSSR count). The van der Waals surface area contributed by atoms with E-state index < -0.39 is 23.0 Å². The highest BCUT2D eigenvalue weighted by atomic mass is 32.2. The number of halogens is 1. The second kappa shape index (κ2) is 12.1. The molecule has 0 atom stereocenters. The van der Waals surface area contributed by atoms with E-state index in [0.29, 0.717) is 32.2 Å². The average molecular weight is 590 g/mol. The Morgan fingerprint density at radius 2 is 1.62 bits per heavy atom. The van der Waals surface area contributed by atoms with E-state index >= 15 is 0 Å². The molecule has 1 N–H and O–H groups in total. The number of nitrogens with zero attached hydrogens (tertiary/aromatic N) is 4. The third-order valence-corrected chi connectivity index (χ3v) is 9.39. The number of carbonyl (C=O) groups is 1. The van der Waals surface area contributed by atoms with Crippen molar-refractivity contribution in [2.45, 2.75) is 63.2 Å². The van der Waals surface area contributed by atoms with Crippen molar-refractivity contribution in [3.8, 4) is 0 Å².